The van der Waals surface area contributed by atoms with Gasteiger partial charge in [0.25, 0.3) is 0 Å². The van der Waals surface area contributed by atoms with E-state index in [4.69, 9.17) is 0 Å². The second-order valence-electron chi connectivity index (χ2n) is 9.76. The number of benzene rings is 4. The van der Waals surface area contributed by atoms with Gasteiger partial charge in [0.2, 0.25) is 0 Å². The Balaban J connectivity index is 0.00000127. The normalized spacial score (nSPS) is 19.0. The molecule has 4 aromatic carbocycles. The van der Waals surface area contributed by atoms with Gasteiger partial charge in [-0.05, 0) is 0 Å². The smallest absolute Gasteiger partial charge is 1.00 e. The van der Waals surface area contributed by atoms with Gasteiger partial charge >= 0.3 is 202 Å². The van der Waals surface area contributed by atoms with Crippen LogP contribution in [0.4, 0.5) is 0 Å². The van der Waals surface area contributed by atoms with E-state index >= 15 is 0 Å². The molecule has 0 amide bonds. The Kier molecular flexibility index (Phi) is 6.80. The molecule has 1 aliphatic heterocycles. The average molecular weight is 573 g/mol. The standard InChI is InChI=1S/2C15H11.C2H4.2ClH.Zr/c2*1-2-6-12(7-3-1)14-10-4-8-13-9-5-11-15(13)14;1-2;;;/h2*1-11H;1-2H2;2*1H;/q;;;;;+2/p-2. The van der Waals surface area contributed by atoms with Crippen LogP contribution in [0.15, 0.2) is 109 Å². The molecule has 0 saturated carbocycles. The number of fused-ring (bicyclic) bond motifs is 2. The molecule has 0 N–H and O–H groups in total. The van der Waals surface area contributed by atoms with E-state index in [-0.39, 0.29) is 24.8 Å². The number of rotatable bonds is 4. The molecular weight excluding hydrogens is 546 g/mol. The largest absolute Gasteiger partial charge is 1.00 e. The van der Waals surface area contributed by atoms with Gasteiger partial charge in [0, 0.05) is 0 Å². The Labute approximate surface area is 225 Å². The van der Waals surface area contributed by atoms with Crippen molar-refractivity contribution in [3.63, 3.8) is 0 Å². The SMILES string of the molecule is C1=C[CH]([Zr+2]2([CH]3C=Cc4c(-c5ccccc5)cccc43)[CH2][CH2]2)c2cccc(-c3ccccc3)c21.[Cl-].[Cl-]. The predicted molar refractivity (Wildman–Crippen MR) is 137 cm³/mol. The van der Waals surface area contributed by atoms with Gasteiger partial charge in [-0.3, -0.25) is 0 Å². The molecule has 0 aromatic heterocycles. The van der Waals surface area contributed by atoms with Gasteiger partial charge in [-0.15, -0.1) is 0 Å². The number of hydrogen-bond donors (Lipinski definition) is 0. The van der Waals surface area contributed by atoms with E-state index in [1.165, 1.54) is 41.6 Å². The molecule has 2 aliphatic carbocycles. The van der Waals surface area contributed by atoms with Crippen LogP contribution in [0.25, 0.3) is 34.4 Å². The first-order chi connectivity index (χ1) is 16.4. The molecule has 0 spiro atoms. The summed E-state index contributed by atoms with van der Waals surface area (Å²) in [5.41, 5.74) is 11.6. The zero-order chi connectivity index (χ0) is 21.8. The second-order valence-corrected chi connectivity index (χ2v) is 21.3. The Morgan fingerprint density at radius 1 is 0.486 bits per heavy atom. The second kappa shape index (κ2) is 9.70. The van der Waals surface area contributed by atoms with Crippen molar-refractivity contribution in [3.05, 3.63) is 131 Å². The molecule has 2 atom stereocenters. The minimum Gasteiger partial charge on any atom is -1.00 e. The van der Waals surface area contributed by atoms with Crippen molar-refractivity contribution in [3.8, 4) is 22.3 Å². The van der Waals surface area contributed by atoms with E-state index in [0.717, 1.165) is 0 Å². The fraction of sp³-hybridized carbons (Fsp3) is 0.125. The molecule has 2 unspecified atom stereocenters. The number of halogens is 2. The van der Waals surface area contributed by atoms with Crippen molar-refractivity contribution in [2.75, 3.05) is 0 Å². The molecule has 4 aromatic rings. The number of allylic oxidation sites excluding steroid dienone is 2. The third-order valence-electron chi connectivity index (χ3n) is 8.10. The van der Waals surface area contributed by atoms with Crippen LogP contribution in [0.1, 0.15) is 29.5 Å². The van der Waals surface area contributed by atoms with E-state index in [1.807, 2.05) is 0 Å². The molecule has 0 bridgehead atoms. The number of hydrogen-bond acceptors (Lipinski definition) is 0. The zero-order valence-corrected chi connectivity index (χ0v) is 23.3. The Morgan fingerprint density at radius 3 is 1.31 bits per heavy atom. The topological polar surface area (TPSA) is 0 Å². The summed E-state index contributed by atoms with van der Waals surface area (Å²) in [5, 5.41) is 0. The van der Waals surface area contributed by atoms with Crippen LogP contribution >= 0.6 is 0 Å². The summed E-state index contributed by atoms with van der Waals surface area (Å²) in [6.07, 6.45) is 10.1. The van der Waals surface area contributed by atoms with Gasteiger partial charge in [0.1, 0.15) is 0 Å². The quantitative estimate of drug-likeness (QED) is 0.353. The van der Waals surface area contributed by atoms with Crippen molar-refractivity contribution < 1.29 is 45.1 Å². The Morgan fingerprint density at radius 2 is 0.914 bits per heavy atom. The molecule has 1 heterocycles. The van der Waals surface area contributed by atoms with Gasteiger partial charge < -0.3 is 24.8 Å². The first kappa shape index (κ1) is 24.5. The fourth-order valence-corrected chi connectivity index (χ4v) is 21.9. The van der Waals surface area contributed by atoms with Crippen LogP contribution in [0.5, 0.6) is 0 Å². The van der Waals surface area contributed by atoms with E-state index < -0.39 is 20.3 Å². The maximum Gasteiger partial charge on any atom is -1.00 e. The summed E-state index contributed by atoms with van der Waals surface area (Å²) in [4.78, 5) is 0. The van der Waals surface area contributed by atoms with Gasteiger partial charge in [0.15, 0.2) is 0 Å². The van der Waals surface area contributed by atoms with Crippen LogP contribution in [0.3, 0.4) is 0 Å². The van der Waals surface area contributed by atoms with Crippen LogP contribution < -0.4 is 24.8 Å². The molecule has 35 heavy (non-hydrogen) atoms. The Hall–Kier alpha value is -2.18. The van der Waals surface area contributed by atoms with Gasteiger partial charge in [-0.25, -0.2) is 0 Å². The van der Waals surface area contributed by atoms with Gasteiger partial charge in [-0.2, -0.15) is 0 Å². The van der Waals surface area contributed by atoms with Crippen molar-refractivity contribution in [1.29, 1.82) is 0 Å². The van der Waals surface area contributed by atoms with Gasteiger partial charge in [-0.1, -0.05) is 0 Å². The minimum absolute atomic E-state index is 0. The van der Waals surface area contributed by atoms with E-state index in [1.54, 1.807) is 11.1 Å². The van der Waals surface area contributed by atoms with Crippen molar-refractivity contribution in [2.45, 2.75) is 15.5 Å². The summed E-state index contributed by atoms with van der Waals surface area (Å²) < 4.78 is 4.39. The van der Waals surface area contributed by atoms with Crippen molar-refractivity contribution in [2.24, 2.45) is 0 Å². The van der Waals surface area contributed by atoms with Crippen molar-refractivity contribution in [1.82, 2.24) is 0 Å². The average Bonchev–Trinajstić information content (AvgIpc) is 3.35. The fourth-order valence-electron chi connectivity index (χ4n) is 6.37. The van der Waals surface area contributed by atoms with Crippen LogP contribution in [0.2, 0.25) is 8.26 Å². The van der Waals surface area contributed by atoms with E-state index in [9.17, 15) is 0 Å². The maximum atomic E-state index is 2.59. The molecule has 0 nitrogen and oxygen atoms in total. The first-order valence-corrected chi connectivity index (χ1v) is 18.4. The molecule has 172 valence electrons. The van der Waals surface area contributed by atoms with Crippen molar-refractivity contribution >= 4 is 12.2 Å². The van der Waals surface area contributed by atoms with Crippen LogP contribution in [-0.2, 0) is 20.3 Å². The molecule has 1 fully saturated rings. The predicted octanol–water partition coefficient (Wildman–Crippen LogP) is 2.87. The zero-order valence-electron chi connectivity index (χ0n) is 19.4. The summed E-state index contributed by atoms with van der Waals surface area (Å²) >= 11 is -2.44. The molecule has 1 saturated heterocycles. The van der Waals surface area contributed by atoms with Crippen LogP contribution in [0, 0.1) is 0 Å². The molecule has 7 rings (SSSR count). The summed E-state index contributed by atoms with van der Waals surface area (Å²) in [5.74, 6) is 0. The first-order valence-electron chi connectivity index (χ1n) is 12.1. The summed E-state index contributed by atoms with van der Waals surface area (Å²) in [6.45, 7) is 0. The molecule has 0 radical (unpaired) electrons. The van der Waals surface area contributed by atoms with E-state index in [0.29, 0.717) is 7.25 Å². The third-order valence-corrected chi connectivity index (χ3v) is 20.7. The Bertz CT molecular complexity index is 1310. The minimum atomic E-state index is -2.44. The molecule has 3 heteroatoms. The monoisotopic (exact) mass is 570 g/mol. The van der Waals surface area contributed by atoms with Crippen LogP contribution in [-0.4, -0.2) is 0 Å². The summed E-state index contributed by atoms with van der Waals surface area (Å²) in [6, 6.07) is 35.8. The third kappa shape index (κ3) is 3.93. The summed E-state index contributed by atoms with van der Waals surface area (Å²) in [7, 11) is 0. The maximum absolute atomic E-state index is 2.59. The van der Waals surface area contributed by atoms with E-state index in [2.05, 4.69) is 121 Å². The van der Waals surface area contributed by atoms with Gasteiger partial charge in [0.05, 0.1) is 0 Å². The molecular formula is C32H26Cl2Zr. The molecule has 3 aliphatic rings.